The standard InChI is InChI=1S/C12H12BrNO5/c1-8(12(15)18-2)5-6-19-11-7-9(14(16)17)3-4-10(11)13/h3-5,7H,6H2,1-2H3/b8-5+. The molecule has 0 N–H and O–H groups in total. The minimum absolute atomic E-state index is 0.0631. The first kappa shape index (κ1) is 15.2. The highest BCUT2D eigenvalue weighted by atomic mass is 79.9. The minimum Gasteiger partial charge on any atom is -0.488 e. The van der Waals surface area contributed by atoms with E-state index in [-0.39, 0.29) is 12.3 Å². The summed E-state index contributed by atoms with van der Waals surface area (Å²) in [6.07, 6.45) is 1.54. The number of nitrogens with zero attached hydrogens (tertiary/aromatic N) is 1. The predicted molar refractivity (Wildman–Crippen MR) is 72.1 cm³/mol. The summed E-state index contributed by atoms with van der Waals surface area (Å²) in [5.41, 5.74) is 0.343. The summed E-state index contributed by atoms with van der Waals surface area (Å²) in [6, 6.07) is 4.21. The number of hydrogen-bond donors (Lipinski definition) is 0. The summed E-state index contributed by atoms with van der Waals surface area (Å²) in [4.78, 5) is 21.3. The van der Waals surface area contributed by atoms with Crippen LogP contribution in [0.5, 0.6) is 5.75 Å². The van der Waals surface area contributed by atoms with E-state index in [1.165, 1.54) is 31.4 Å². The Hall–Kier alpha value is -1.89. The third kappa shape index (κ3) is 4.36. The lowest BCUT2D eigenvalue weighted by atomic mass is 10.3. The van der Waals surface area contributed by atoms with E-state index in [4.69, 9.17) is 4.74 Å². The summed E-state index contributed by atoms with van der Waals surface area (Å²) in [6.45, 7) is 1.71. The van der Waals surface area contributed by atoms with E-state index in [9.17, 15) is 14.9 Å². The lowest BCUT2D eigenvalue weighted by molar-refractivity contribution is -0.384. The molecule has 0 unspecified atom stereocenters. The minimum atomic E-state index is -0.505. The largest absolute Gasteiger partial charge is 0.488 e. The predicted octanol–water partition coefficient (Wildman–Crippen LogP) is 2.86. The van der Waals surface area contributed by atoms with Crippen LogP contribution in [0, 0.1) is 10.1 Å². The first-order chi connectivity index (χ1) is 8.95. The quantitative estimate of drug-likeness (QED) is 0.359. The molecule has 102 valence electrons. The van der Waals surface area contributed by atoms with Crippen molar-refractivity contribution in [1.82, 2.24) is 0 Å². The normalized spacial score (nSPS) is 11.0. The Balaban J connectivity index is 2.75. The van der Waals surface area contributed by atoms with Crippen LogP contribution in [0.1, 0.15) is 6.92 Å². The van der Waals surface area contributed by atoms with Crippen molar-refractivity contribution in [2.24, 2.45) is 0 Å². The Labute approximate surface area is 118 Å². The number of nitro benzene ring substituents is 1. The second-order valence-electron chi connectivity index (χ2n) is 3.56. The van der Waals surface area contributed by atoms with Gasteiger partial charge in [-0.05, 0) is 35.0 Å². The fourth-order valence-electron chi connectivity index (χ4n) is 1.22. The molecule has 0 aliphatic heterocycles. The lowest BCUT2D eigenvalue weighted by Gasteiger charge is -2.06. The Morgan fingerprint density at radius 2 is 2.21 bits per heavy atom. The van der Waals surface area contributed by atoms with Crippen molar-refractivity contribution in [3.63, 3.8) is 0 Å². The van der Waals surface area contributed by atoms with Gasteiger partial charge < -0.3 is 9.47 Å². The molecule has 6 nitrogen and oxygen atoms in total. The Kier molecular flexibility index (Phi) is 5.50. The molecule has 1 aromatic carbocycles. The van der Waals surface area contributed by atoms with E-state index in [1.54, 1.807) is 6.92 Å². The van der Waals surface area contributed by atoms with Gasteiger partial charge in [-0.25, -0.2) is 4.79 Å². The van der Waals surface area contributed by atoms with Crippen LogP contribution in [0.3, 0.4) is 0 Å². The molecule has 0 aliphatic carbocycles. The van der Waals surface area contributed by atoms with Crippen LogP contribution in [0.2, 0.25) is 0 Å². The zero-order valence-electron chi connectivity index (χ0n) is 10.4. The Morgan fingerprint density at radius 1 is 1.53 bits per heavy atom. The van der Waals surface area contributed by atoms with Crippen LogP contribution in [-0.2, 0) is 9.53 Å². The van der Waals surface area contributed by atoms with Crippen LogP contribution in [0.4, 0.5) is 5.69 Å². The number of halogens is 1. The number of hydrogen-bond acceptors (Lipinski definition) is 5. The summed E-state index contributed by atoms with van der Waals surface area (Å²) in [7, 11) is 1.29. The Bertz CT molecular complexity index is 527. The molecule has 0 aliphatic rings. The molecule has 0 heterocycles. The van der Waals surface area contributed by atoms with E-state index >= 15 is 0 Å². The highest BCUT2D eigenvalue weighted by Crippen LogP contribution is 2.29. The average Bonchev–Trinajstić information content (AvgIpc) is 2.39. The van der Waals surface area contributed by atoms with Crippen LogP contribution in [0.15, 0.2) is 34.3 Å². The molecule has 0 saturated heterocycles. The van der Waals surface area contributed by atoms with Crippen molar-refractivity contribution in [3.05, 3.63) is 44.4 Å². The zero-order chi connectivity index (χ0) is 14.4. The molecule has 1 aromatic rings. The van der Waals surface area contributed by atoms with Crippen LogP contribution >= 0.6 is 15.9 Å². The maximum atomic E-state index is 11.1. The molecule has 0 amide bonds. The van der Waals surface area contributed by atoms with Crippen LogP contribution < -0.4 is 4.74 Å². The van der Waals surface area contributed by atoms with Gasteiger partial charge in [0.15, 0.2) is 0 Å². The molecular weight excluding hydrogens is 318 g/mol. The maximum Gasteiger partial charge on any atom is 0.333 e. The number of non-ortho nitro benzene ring substituents is 1. The third-order valence-electron chi connectivity index (χ3n) is 2.26. The number of benzene rings is 1. The van der Waals surface area contributed by atoms with Gasteiger partial charge in [0.2, 0.25) is 0 Å². The maximum absolute atomic E-state index is 11.1. The van der Waals surface area contributed by atoms with Gasteiger partial charge in [-0.15, -0.1) is 0 Å². The molecule has 19 heavy (non-hydrogen) atoms. The third-order valence-corrected chi connectivity index (χ3v) is 2.92. The number of rotatable bonds is 5. The topological polar surface area (TPSA) is 78.7 Å². The van der Waals surface area contributed by atoms with Crippen molar-refractivity contribution < 1.29 is 19.2 Å². The molecule has 0 spiro atoms. The van der Waals surface area contributed by atoms with Crippen molar-refractivity contribution in [1.29, 1.82) is 0 Å². The first-order valence-corrected chi connectivity index (χ1v) is 6.06. The molecular formula is C12H12BrNO5. The van der Waals surface area contributed by atoms with Crippen LogP contribution in [-0.4, -0.2) is 24.6 Å². The average molecular weight is 330 g/mol. The summed E-state index contributed by atoms with van der Waals surface area (Å²) < 4.78 is 10.5. The monoisotopic (exact) mass is 329 g/mol. The van der Waals surface area contributed by atoms with Gasteiger partial charge >= 0.3 is 5.97 Å². The summed E-state index contributed by atoms with van der Waals surface area (Å²) in [5.74, 6) is -0.107. The first-order valence-electron chi connectivity index (χ1n) is 5.27. The van der Waals surface area contributed by atoms with E-state index in [1.807, 2.05) is 0 Å². The summed E-state index contributed by atoms with van der Waals surface area (Å²) >= 11 is 3.23. The second kappa shape index (κ2) is 6.89. The summed E-state index contributed by atoms with van der Waals surface area (Å²) in [5, 5.41) is 10.6. The number of esters is 1. The second-order valence-corrected chi connectivity index (χ2v) is 4.42. The number of nitro groups is 1. The molecule has 0 fully saturated rings. The zero-order valence-corrected chi connectivity index (χ0v) is 12.0. The Morgan fingerprint density at radius 3 is 2.79 bits per heavy atom. The highest BCUT2D eigenvalue weighted by Gasteiger charge is 2.10. The molecule has 7 heteroatoms. The van der Waals surface area contributed by atoms with Gasteiger partial charge in [0.05, 0.1) is 22.6 Å². The lowest BCUT2D eigenvalue weighted by Crippen LogP contribution is -2.04. The molecule has 0 atom stereocenters. The van der Waals surface area contributed by atoms with Gasteiger partial charge in [-0.3, -0.25) is 10.1 Å². The molecule has 0 saturated carbocycles. The fraction of sp³-hybridized carbons (Fsp3) is 0.250. The number of carbonyl (C=O) groups excluding carboxylic acids is 1. The molecule has 0 bridgehead atoms. The van der Waals surface area contributed by atoms with Crippen molar-refractivity contribution in [2.75, 3.05) is 13.7 Å². The number of ether oxygens (including phenoxy) is 2. The van der Waals surface area contributed by atoms with Gasteiger partial charge in [-0.2, -0.15) is 0 Å². The van der Waals surface area contributed by atoms with E-state index < -0.39 is 10.9 Å². The number of methoxy groups -OCH3 is 1. The molecule has 0 aromatic heterocycles. The number of carbonyl (C=O) groups is 1. The molecule has 0 radical (unpaired) electrons. The van der Waals surface area contributed by atoms with Gasteiger partial charge in [-0.1, -0.05) is 0 Å². The van der Waals surface area contributed by atoms with Crippen molar-refractivity contribution in [2.45, 2.75) is 6.92 Å². The van der Waals surface area contributed by atoms with Crippen molar-refractivity contribution >= 4 is 27.6 Å². The van der Waals surface area contributed by atoms with Gasteiger partial charge in [0, 0.05) is 11.6 Å². The smallest absolute Gasteiger partial charge is 0.333 e. The van der Waals surface area contributed by atoms with E-state index in [2.05, 4.69) is 20.7 Å². The fourth-order valence-corrected chi connectivity index (χ4v) is 1.58. The van der Waals surface area contributed by atoms with Gasteiger partial charge in [0.1, 0.15) is 12.4 Å². The highest BCUT2D eigenvalue weighted by molar-refractivity contribution is 9.10. The van der Waals surface area contributed by atoms with E-state index in [0.29, 0.717) is 15.8 Å². The van der Waals surface area contributed by atoms with E-state index in [0.717, 1.165) is 0 Å². The van der Waals surface area contributed by atoms with Crippen molar-refractivity contribution in [3.8, 4) is 5.75 Å². The molecule has 1 rings (SSSR count). The van der Waals surface area contributed by atoms with Crippen LogP contribution in [0.25, 0.3) is 0 Å². The van der Waals surface area contributed by atoms with Gasteiger partial charge in [0.25, 0.3) is 5.69 Å². The SMILES string of the molecule is COC(=O)/C(C)=C/COc1cc([N+](=O)[O-])ccc1Br.